The first kappa shape index (κ1) is 26.1. The molecule has 36 heavy (non-hydrogen) atoms. The van der Waals surface area contributed by atoms with E-state index < -0.39 is 6.10 Å². The number of benzene rings is 1. The van der Waals surface area contributed by atoms with Crippen LogP contribution >= 0.6 is 22.9 Å². The molecule has 4 rings (SSSR count). The smallest absolute Gasteiger partial charge is 0.224 e. The number of rotatable bonds is 10. The second kappa shape index (κ2) is 11.4. The molecular formula is C26H28ClN3O5S. The maximum atomic E-state index is 13.3. The van der Waals surface area contributed by atoms with Crippen LogP contribution in [0.2, 0.25) is 5.02 Å². The molecule has 0 aliphatic rings. The topological polar surface area (TPSA) is 108 Å². The number of amides is 1. The van der Waals surface area contributed by atoms with Crippen LogP contribution in [0.5, 0.6) is 0 Å². The van der Waals surface area contributed by atoms with Gasteiger partial charge in [0.2, 0.25) is 11.3 Å². The number of hydrogen-bond acceptors (Lipinski definition) is 7. The molecule has 10 heteroatoms. The van der Waals surface area contributed by atoms with E-state index in [0.29, 0.717) is 51.8 Å². The van der Waals surface area contributed by atoms with Gasteiger partial charge in [-0.3, -0.25) is 14.5 Å². The van der Waals surface area contributed by atoms with Crippen LogP contribution in [0.3, 0.4) is 0 Å². The van der Waals surface area contributed by atoms with Gasteiger partial charge in [0, 0.05) is 53.9 Å². The first-order chi connectivity index (χ1) is 17.3. The summed E-state index contributed by atoms with van der Waals surface area (Å²) < 4.78 is 7.56. The van der Waals surface area contributed by atoms with Gasteiger partial charge < -0.3 is 24.5 Å². The van der Waals surface area contributed by atoms with Crippen LogP contribution < -0.4 is 10.7 Å². The predicted octanol–water partition coefficient (Wildman–Crippen LogP) is 3.36. The molecule has 0 spiro atoms. The SMILES string of the molecule is CN(Cc1sc2c(=O)c(CC(=O)NCc3ccc(Cl)cc3)cn(C)c2c1CO)C[C@@H](O)c1ccco1. The third kappa shape index (κ3) is 5.88. The molecular weight excluding hydrogens is 502 g/mol. The van der Waals surface area contributed by atoms with Crippen molar-refractivity contribution in [2.24, 2.45) is 7.05 Å². The Morgan fingerprint density at radius 3 is 2.69 bits per heavy atom. The molecule has 0 saturated heterocycles. The average molecular weight is 530 g/mol. The number of fused-ring (bicyclic) bond motifs is 1. The molecule has 0 aliphatic heterocycles. The molecule has 3 heterocycles. The summed E-state index contributed by atoms with van der Waals surface area (Å²) in [5, 5.41) is 24.0. The minimum absolute atomic E-state index is 0.0485. The molecule has 0 aliphatic carbocycles. The van der Waals surface area contributed by atoms with Gasteiger partial charge in [0.05, 0.1) is 29.5 Å². The Morgan fingerprint density at radius 1 is 1.28 bits per heavy atom. The predicted molar refractivity (Wildman–Crippen MR) is 140 cm³/mol. The van der Waals surface area contributed by atoms with Crippen LogP contribution in [0, 0.1) is 0 Å². The maximum Gasteiger partial charge on any atom is 0.224 e. The highest BCUT2D eigenvalue weighted by Gasteiger charge is 2.21. The molecule has 0 bridgehead atoms. The lowest BCUT2D eigenvalue weighted by atomic mass is 10.1. The van der Waals surface area contributed by atoms with E-state index in [1.807, 2.05) is 24.1 Å². The molecule has 1 amide bonds. The van der Waals surface area contributed by atoms with Crippen molar-refractivity contribution in [3.63, 3.8) is 0 Å². The highest BCUT2D eigenvalue weighted by Crippen LogP contribution is 2.31. The number of aryl methyl sites for hydroxylation is 1. The van der Waals surface area contributed by atoms with E-state index >= 15 is 0 Å². The summed E-state index contributed by atoms with van der Waals surface area (Å²) >= 11 is 7.21. The summed E-state index contributed by atoms with van der Waals surface area (Å²) in [6.45, 7) is 0.871. The number of hydrogen-bond donors (Lipinski definition) is 3. The summed E-state index contributed by atoms with van der Waals surface area (Å²) in [7, 11) is 3.66. The Balaban J connectivity index is 1.51. The fourth-order valence-electron chi connectivity index (χ4n) is 4.16. The number of nitrogens with zero attached hydrogens (tertiary/aromatic N) is 2. The van der Waals surface area contributed by atoms with Crippen molar-refractivity contribution < 1.29 is 19.4 Å². The van der Waals surface area contributed by atoms with Gasteiger partial charge in [-0.05, 0) is 36.9 Å². The van der Waals surface area contributed by atoms with Crippen molar-refractivity contribution in [2.75, 3.05) is 13.6 Å². The molecule has 0 saturated carbocycles. The Morgan fingerprint density at radius 2 is 2.03 bits per heavy atom. The minimum atomic E-state index is -0.791. The van der Waals surface area contributed by atoms with Crippen LogP contribution in [0.1, 0.15) is 33.4 Å². The third-order valence-electron chi connectivity index (χ3n) is 5.94. The molecule has 3 N–H and O–H groups in total. The van der Waals surface area contributed by atoms with Gasteiger partial charge in [-0.2, -0.15) is 0 Å². The Bertz CT molecular complexity index is 1400. The van der Waals surface area contributed by atoms with Gasteiger partial charge in [0.15, 0.2) is 0 Å². The third-order valence-corrected chi connectivity index (χ3v) is 7.40. The summed E-state index contributed by atoms with van der Waals surface area (Å²) in [6, 6.07) is 10.6. The van der Waals surface area contributed by atoms with E-state index in [4.69, 9.17) is 16.0 Å². The molecule has 3 aromatic heterocycles. The van der Waals surface area contributed by atoms with E-state index in [9.17, 15) is 19.8 Å². The molecule has 190 valence electrons. The number of aliphatic hydroxyl groups excluding tert-OH is 2. The average Bonchev–Trinajstić information content (AvgIpc) is 3.50. The zero-order chi connectivity index (χ0) is 25.8. The zero-order valence-corrected chi connectivity index (χ0v) is 21.6. The summed E-state index contributed by atoms with van der Waals surface area (Å²) in [6.07, 6.45) is 2.33. The van der Waals surface area contributed by atoms with E-state index in [1.54, 1.807) is 42.1 Å². The number of pyridine rings is 1. The molecule has 0 fully saturated rings. The number of carbonyl (C=O) groups is 1. The van der Waals surface area contributed by atoms with Crippen LogP contribution in [-0.4, -0.2) is 39.2 Å². The van der Waals surface area contributed by atoms with Crippen LogP contribution in [0.25, 0.3) is 10.2 Å². The summed E-state index contributed by atoms with van der Waals surface area (Å²) in [4.78, 5) is 28.6. The van der Waals surface area contributed by atoms with E-state index in [2.05, 4.69) is 5.32 Å². The van der Waals surface area contributed by atoms with Gasteiger partial charge in [-0.25, -0.2) is 0 Å². The van der Waals surface area contributed by atoms with Crippen molar-refractivity contribution in [2.45, 2.75) is 32.2 Å². The number of halogens is 1. The number of aliphatic hydroxyl groups is 2. The summed E-state index contributed by atoms with van der Waals surface area (Å²) in [5.74, 6) is 0.222. The van der Waals surface area contributed by atoms with Crippen molar-refractivity contribution in [1.82, 2.24) is 14.8 Å². The van der Waals surface area contributed by atoms with Gasteiger partial charge in [-0.15, -0.1) is 11.3 Å². The number of aromatic nitrogens is 1. The number of nitrogens with one attached hydrogen (secondary N) is 1. The standard InChI is InChI=1S/C26H28ClN3O5S/c1-29(13-20(32)21-4-3-9-35-21)14-22-19(15-31)24-26(36-22)25(34)17(12-30(24)2)10-23(33)28-11-16-5-7-18(27)8-6-16/h3-9,12,20,31-32H,10-11,13-15H2,1-2H3,(H,28,33)/t20-/m1/s1. The molecule has 1 atom stereocenters. The Labute approximate surface area is 217 Å². The quantitative estimate of drug-likeness (QED) is 0.291. The second-order valence-electron chi connectivity index (χ2n) is 8.74. The monoisotopic (exact) mass is 529 g/mol. The number of carbonyl (C=O) groups excluding carboxylic acids is 1. The molecule has 1 aromatic carbocycles. The lowest BCUT2D eigenvalue weighted by molar-refractivity contribution is -0.120. The second-order valence-corrected chi connectivity index (χ2v) is 10.3. The Kier molecular flexibility index (Phi) is 8.28. The molecule has 0 radical (unpaired) electrons. The van der Waals surface area contributed by atoms with Crippen LogP contribution in [0.4, 0.5) is 0 Å². The number of furan rings is 1. The van der Waals surface area contributed by atoms with Crippen molar-refractivity contribution in [3.8, 4) is 0 Å². The largest absolute Gasteiger partial charge is 0.467 e. The molecule has 8 nitrogen and oxygen atoms in total. The first-order valence-corrected chi connectivity index (χ1v) is 12.6. The van der Waals surface area contributed by atoms with E-state index in [-0.39, 0.29) is 24.4 Å². The van der Waals surface area contributed by atoms with Crippen molar-refractivity contribution in [3.05, 3.63) is 91.4 Å². The maximum absolute atomic E-state index is 13.3. The number of thiophene rings is 1. The van der Waals surface area contributed by atoms with Crippen LogP contribution in [0.15, 0.2) is 58.1 Å². The van der Waals surface area contributed by atoms with Gasteiger partial charge in [0.1, 0.15) is 11.9 Å². The molecule has 0 unspecified atom stereocenters. The van der Waals surface area contributed by atoms with Gasteiger partial charge in [-0.1, -0.05) is 23.7 Å². The zero-order valence-electron chi connectivity index (χ0n) is 20.0. The minimum Gasteiger partial charge on any atom is -0.467 e. The fraction of sp³-hybridized carbons (Fsp3) is 0.308. The van der Waals surface area contributed by atoms with Crippen LogP contribution in [-0.2, 0) is 38.0 Å². The first-order valence-electron chi connectivity index (χ1n) is 11.4. The fourth-order valence-corrected chi connectivity index (χ4v) is 5.69. The van der Waals surface area contributed by atoms with Gasteiger partial charge in [0.25, 0.3) is 0 Å². The van der Waals surface area contributed by atoms with E-state index in [0.717, 1.165) is 10.4 Å². The highest BCUT2D eigenvalue weighted by molar-refractivity contribution is 7.19. The van der Waals surface area contributed by atoms with Gasteiger partial charge >= 0.3 is 0 Å². The number of likely N-dealkylation sites (N-methyl/N-ethyl adjacent to an activating group) is 1. The highest BCUT2D eigenvalue weighted by atomic mass is 35.5. The lowest BCUT2D eigenvalue weighted by Gasteiger charge is -2.19. The van der Waals surface area contributed by atoms with Crippen molar-refractivity contribution in [1.29, 1.82) is 0 Å². The summed E-state index contributed by atoms with van der Waals surface area (Å²) in [5.41, 5.74) is 2.42. The van der Waals surface area contributed by atoms with Crippen molar-refractivity contribution >= 4 is 39.1 Å². The normalized spacial score (nSPS) is 12.4. The molecule has 4 aromatic rings. The van der Waals surface area contributed by atoms with E-state index in [1.165, 1.54) is 17.6 Å². The lowest BCUT2D eigenvalue weighted by Crippen LogP contribution is -2.27. The Hall–Kier alpha value is -2.95.